The zero-order chi connectivity index (χ0) is 15.6. The number of rotatable bonds is 3. The van der Waals surface area contributed by atoms with Crippen molar-refractivity contribution < 1.29 is 9.90 Å². The van der Waals surface area contributed by atoms with E-state index in [-0.39, 0.29) is 10.2 Å². The number of nitrogens with zero attached hydrogens (tertiary/aromatic N) is 3. The van der Waals surface area contributed by atoms with Crippen molar-refractivity contribution in [2.75, 3.05) is 0 Å². The lowest BCUT2D eigenvalue weighted by molar-refractivity contribution is -0.130. The molecule has 2 aromatic heterocycles. The standard InChI is InChI=1S/C14H13N3O3S/c1-3-17-12(18)11(7-9-5-4-6-16(9)2)21-13(17)10(8-15)14(19)20/h4-7H,3H2,1-2H3,(H,19,20). The number of carbonyl (C=O) groups is 1. The van der Waals surface area contributed by atoms with Gasteiger partial charge in [-0.25, -0.2) is 4.79 Å². The van der Waals surface area contributed by atoms with E-state index in [1.807, 2.05) is 29.9 Å². The molecule has 0 saturated heterocycles. The third-order valence-electron chi connectivity index (χ3n) is 3.03. The van der Waals surface area contributed by atoms with Gasteiger partial charge in [0.25, 0.3) is 5.56 Å². The van der Waals surface area contributed by atoms with Gasteiger partial charge >= 0.3 is 5.97 Å². The smallest absolute Gasteiger partial charge is 0.349 e. The predicted molar refractivity (Wildman–Crippen MR) is 79.1 cm³/mol. The van der Waals surface area contributed by atoms with E-state index in [4.69, 9.17) is 10.4 Å². The molecule has 108 valence electrons. The first-order valence-corrected chi connectivity index (χ1v) is 7.01. The minimum atomic E-state index is -1.33. The molecule has 7 heteroatoms. The van der Waals surface area contributed by atoms with Crippen LogP contribution < -0.4 is 14.8 Å². The fourth-order valence-electron chi connectivity index (χ4n) is 1.94. The average Bonchev–Trinajstić information content (AvgIpc) is 2.96. The number of thiazole rings is 1. The highest BCUT2D eigenvalue weighted by Crippen LogP contribution is 2.00. The Bertz CT molecular complexity index is 909. The highest BCUT2D eigenvalue weighted by molar-refractivity contribution is 7.07. The minimum absolute atomic E-state index is 0.179. The van der Waals surface area contributed by atoms with Crippen molar-refractivity contribution in [3.8, 4) is 6.07 Å². The molecule has 0 fully saturated rings. The number of hydrogen-bond donors (Lipinski definition) is 1. The lowest BCUT2D eigenvalue weighted by Crippen LogP contribution is -2.32. The largest absolute Gasteiger partial charge is 0.477 e. The van der Waals surface area contributed by atoms with Crippen LogP contribution in [0.15, 0.2) is 23.1 Å². The van der Waals surface area contributed by atoms with Gasteiger partial charge < -0.3 is 9.67 Å². The Balaban J connectivity index is 2.86. The van der Waals surface area contributed by atoms with Crippen LogP contribution in [0, 0.1) is 11.3 Å². The van der Waals surface area contributed by atoms with Crippen LogP contribution in [0.1, 0.15) is 12.6 Å². The molecule has 0 amide bonds. The first-order chi connectivity index (χ1) is 9.99. The second-order valence-electron chi connectivity index (χ2n) is 4.30. The number of aromatic nitrogens is 2. The summed E-state index contributed by atoms with van der Waals surface area (Å²) in [6.07, 6.45) is 3.54. The Morgan fingerprint density at radius 3 is 2.76 bits per heavy atom. The monoisotopic (exact) mass is 303 g/mol. The van der Waals surface area contributed by atoms with Crippen LogP contribution >= 0.6 is 11.3 Å². The van der Waals surface area contributed by atoms with E-state index in [1.54, 1.807) is 19.1 Å². The van der Waals surface area contributed by atoms with Gasteiger partial charge in [0, 0.05) is 25.5 Å². The molecule has 0 aromatic carbocycles. The number of aryl methyl sites for hydroxylation is 1. The second kappa shape index (κ2) is 5.81. The molecular weight excluding hydrogens is 290 g/mol. The van der Waals surface area contributed by atoms with Gasteiger partial charge in [-0.05, 0) is 25.1 Å². The lowest BCUT2D eigenvalue weighted by Gasteiger charge is -1.95. The topological polar surface area (TPSA) is 88.0 Å². The van der Waals surface area contributed by atoms with Gasteiger partial charge in [-0.2, -0.15) is 5.26 Å². The summed E-state index contributed by atoms with van der Waals surface area (Å²) in [5.74, 6) is -1.33. The molecule has 0 aliphatic rings. The summed E-state index contributed by atoms with van der Waals surface area (Å²) in [7, 11) is 1.85. The Morgan fingerprint density at radius 2 is 2.29 bits per heavy atom. The molecule has 21 heavy (non-hydrogen) atoms. The molecule has 0 aliphatic heterocycles. The van der Waals surface area contributed by atoms with Crippen LogP contribution in [-0.4, -0.2) is 20.2 Å². The maximum Gasteiger partial charge on any atom is 0.349 e. The van der Waals surface area contributed by atoms with Crippen LogP contribution in [0.3, 0.4) is 0 Å². The summed E-state index contributed by atoms with van der Waals surface area (Å²) >= 11 is 1.02. The van der Waals surface area contributed by atoms with Crippen molar-refractivity contribution in [2.45, 2.75) is 13.5 Å². The number of nitriles is 1. The molecule has 0 bridgehead atoms. The van der Waals surface area contributed by atoms with E-state index < -0.39 is 11.5 Å². The highest BCUT2D eigenvalue weighted by atomic mass is 32.1. The van der Waals surface area contributed by atoms with Crippen LogP contribution in [0.2, 0.25) is 0 Å². The fourth-order valence-corrected chi connectivity index (χ4v) is 3.08. The van der Waals surface area contributed by atoms with Crippen molar-refractivity contribution in [2.24, 2.45) is 7.05 Å². The predicted octanol–water partition coefficient (Wildman–Crippen LogP) is -0.144. The number of carboxylic acids is 1. The minimum Gasteiger partial charge on any atom is -0.477 e. The van der Waals surface area contributed by atoms with E-state index in [0.717, 1.165) is 17.0 Å². The molecule has 2 rings (SSSR count). The van der Waals surface area contributed by atoms with Crippen LogP contribution in [0.5, 0.6) is 0 Å². The molecule has 1 N–H and O–H groups in total. The van der Waals surface area contributed by atoms with Gasteiger partial charge in [-0.3, -0.25) is 9.36 Å². The summed E-state index contributed by atoms with van der Waals surface area (Å²) in [6.45, 7) is 2.05. The van der Waals surface area contributed by atoms with Crippen molar-refractivity contribution in [3.63, 3.8) is 0 Å². The average molecular weight is 303 g/mol. The SMILES string of the molecule is CCn1c(=C(C#N)C(=O)O)sc(=Cc2cccn2C)c1=O. The molecule has 6 nitrogen and oxygen atoms in total. The van der Waals surface area contributed by atoms with E-state index in [2.05, 4.69) is 0 Å². The first kappa shape index (κ1) is 14.8. The van der Waals surface area contributed by atoms with Gasteiger partial charge in [0.15, 0.2) is 5.57 Å². The number of aliphatic carboxylic acids is 1. The summed E-state index contributed by atoms with van der Waals surface area (Å²) in [4.78, 5) is 23.4. The van der Waals surface area contributed by atoms with Gasteiger partial charge in [0.1, 0.15) is 10.7 Å². The molecule has 0 radical (unpaired) electrons. The van der Waals surface area contributed by atoms with E-state index in [0.29, 0.717) is 11.1 Å². The number of hydrogen-bond acceptors (Lipinski definition) is 4. The van der Waals surface area contributed by atoms with Crippen molar-refractivity contribution in [1.29, 1.82) is 5.26 Å². The first-order valence-electron chi connectivity index (χ1n) is 6.20. The fraction of sp³-hybridized carbons (Fsp3) is 0.214. The quantitative estimate of drug-likeness (QED) is 0.854. The molecule has 0 spiro atoms. The van der Waals surface area contributed by atoms with E-state index in [9.17, 15) is 9.59 Å². The van der Waals surface area contributed by atoms with Crippen LogP contribution in [-0.2, 0) is 18.4 Å². The third kappa shape index (κ3) is 2.66. The molecule has 0 unspecified atom stereocenters. The summed E-state index contributed by atoms with van der Waals surface area (Å²) < 4.78 is 3.74. The van der Waals surface area contributed by atoms with Crippen LogP contribution in [0.25, 0.3) is 11.6 Å². The normalized spacial score (nSPS) is 13.1. The Morgan fingerprint density at radius 1 is 1.57 bits per heavy atom. The molecule has 2 heterocycles. The molecule has 2 aromatic rings. The third-order valence-corrected chi connectivity index (χ3v) is 4.16. The lowest BCUT2D eigenvalue weighted by atomic mass is 10.3. The van der Waals surface area contributed by atoms with Gasteiger partial charge in [-0.1, -0.05) is 0 Å². The maximum absolute atomic E-state index is 12.3. The zero-order valence-corrected chi connectivity index (χ0v) is 12.3. The van der Waals surface area contributed by atoms with Gasteiger partial charge in [0.05, 0.1) is 4.53 Å². The summed E-state index contributed by atoms with van der Waals surface area (Å²) in [5.41, 5.74) is 0.134. The second-order valence-corrected chi connectivity index (χ2v) is 5.33. The summed E-state index contributed by atoms with van der Waals surface area (Å²) in [5, 5.41) is 18.0. The van der Waals surface area contributed by atoms with Gasteiger partial charge in [-0.15, -0.1) is 11.3 Å². The molecular formula is C14H13N3O3S. The van der Waals surface area contributed by atoms with E-state index in [1.165, 1.54) is 4.57 Å². The highest BCUT2D eigenvalue weighted by Gasteiger charge is 2.13. The van der Waals surface area contributed by atoms with Gasteiger partial charge in [0.2, 0.25) is 0 Å². The maximum atomic E-state index is 12.3. The Labute approximate surface area is 124 Å². The van der Waals surface area contributed by atoms with E-state index >= 15 is 0 Å². The Kier molecular flexibility index (Phi) is 4.10. The van der Waals surface area contributed by atoms with Crippen LogP contribution in [0.4, 0.5) is 0 Å². The molecule has 0 saturated carbocycles. The van der Waals surface area contributed by atoms with Crippen molar-refractivity contribution in [1.82, 2.24) is 9.13 Å². The molecule has 0 aliphatic carbocycles. The molecule has 0 atom stereocenters. The van der Waals surface area contributed by atoms with Crippen molar-refractivity contribution >= 4 is 29.0 Å². The number of carboxylic acid groups (broad SMARTS) is 1. The Hall–Kier alpha value is -2.59. The van der Waals surface area contributed by atoms with Crippen molar-refractivity contribution in [3.05, 3.63) is 43.6 Å². The summed E-state index contributed by atoms with van der Waals surface area (Å²) in [6, 6.07) is 5.35. The zero-order valence-electron chi connectivity index (χ0n) is 11.5.